The Kier molecular flexibility index (Phi) is 12.8. The van der Waals surface area contributed by atoms with Crippen LogP contribution in [0.15, 0.2) is 11.6 Å². The molecule has 0 aromatic carbocycles. The van der Waals surface area contributed by atoms with E-state index < -0.39 is 122 Å². The number of allylic oxidation sites excluding steroid dienone is 2. The Labute approximate surface area is 371 Å². The van der Waals surface area contributed by atoms with E-state index >= 15 is 0 Å². The molecular formula is C47H76O16. The molecule has 22 atom stereocenters. The lowest BCUT2D eigenvalue weighted by molar-refractivity contribution is -0.385. The van der Waals surface area contributed by atoms with Crippen LogP contribution in [0.25, 0.3) is 0 Å². The molecule has 4 saturated carbocycles. The van der Waals surface area contributed by atoms with Gasteiger partial charge in [0.05, 0.1) is 30.8 Å². The summed E-state index contributed by atoms with van der Waals surface area (Å²) in [6.45, 7) is 16.8. The molecule has 7 fully saturated rings. The molecule has 8 unspecified atom stereocenters. The lowest BCUT2D eigenvalue weighted by atomic mass is 9.33. The maximum Gasteiger partial charge on any atom is 0.310 e. The Hall–Kier alpha value is -1.35. The number of ether oxygens (including phenoxy) is 6. The Balaban J connectivity index is 1.01. The molecule has 63 heavy (non-hydrogen) atoms. The van der Waals surface area contributed by atoms with Crippen LogP contribution in [0.5, 0.6) is 0 Å². The van der Waals surface area contributed by atoms with Gasteiger partial charge in [0, 0.05) is 0 Å². The van der Waals surface area contributed by atoms with Crippen LogP contribution in [0.2, 0.25) is 0 Å². The first-order valence-corrected chi connectivity index (χ1v) is 23.6. The first-order chi connectivity index (χ1) is 29.4. The Bertz CT molecular complexity index is 1720. The van der Waals surface area contributed by atoms with Crippen molar-refractivity contribution < 1.29 is 79.2 Å². The minimum Gasteiger partial charge on any atom is -0.481 e. The summed E-state index contributed by atoms with van der Waals surface area (Å²) in [6, 6.07) is 0. The Morgan fingerprint density at radius 2 is 1.40 bits per heavy atom. The molecule has 16 heteroatoms. The summed E-state index contributed by atoms with van der Waals surface area (Å²) in [4.78, 5) is 13.1. The molecule has 0 radical (unpaired) electrons. The van der Waals surface area contributed by atoms with Crippen LogP contribution < -0.4 is 0 Å². The Morgan fingerprint density at radius 1 is 0.714 bits per heavy atom. The van der Waals surface area contributed by atoms with Crippen molar-refractivity contribution in [2.75, 3.05) is 13.2 Å². The van der Waals surface area contributed by atoms with Gasteiger partial charge in [0.25, 0.3) is 0 Å². The monoisotopic (exact) mass is 897 g/mol. The third-order valence-corrected chi connectivity index (χ3v) is 18.9. The highest BCUT2D eigenvalue weighted by Gasteiger charge is 2.70. The van der Waals surface area contributed by atoms with Crippen molar-refractivity contribution in [1.29, 1.82) is 0 Å². The second-order valence-corrected chi connectivity index (χ2v) is 23.0. The number of aliphatic carboxylic acids is 1. The highest BCUT2D eigenvalue weighted by Crippen LogP contribution is 2.76. The largest absolute Gasteiger partial charge is 0.481 e. The van der Waals surface area contributed by atoms with E-state index in [4.69, 9.17) is 28.4 Å². The van der Waals surface area contributed by atoms with Crippen LogP contribution in [0.3, 0.4) is 0 Å². The summed E-state index contributed by atoms with van der Waals surface area (Å²) in [6.07, 6.45) is -10.5. The minimum absolute atomic E-state index is 0.0309. The van der Waals surface area contributed by atoms with Crippen molar-refractivity contribution in [3.63, 3.8) is 0 Å². The van der Waals surface area contributed by atoms with E-state index in [-0.39, 0.29) is 33.5 Å². The molecule has 0 amide bonds. The fourth-order valence-electron chi connectivity index (χ4n) is 14.8. The number of carbonyl (C=O) groups is 1. The standard InChI is InChI=1S/C47H76O16/c1-22-30(50)33(53)37(63-38-34(54)31(51)25(49)21-58-38)40(59-22)62-36-32(52)26(20-48)60-39(35(36)55)61-29-12-13-44(6)27(43(29,4)5)11-14-46(8)28(44)10-9-23-24-19-42(2,3)15-17-47(24,41(56)57)18-16-45(23,46)7/h9,22,24-40,48-55H,10-21H2,1-8H3,(H,56,57)/t22-,24?,25+,26-,27?,28?,29?,30-,31-,32-,33-,34-,35-,36-,37-,38+,39+,40-,44?,45?,46?,47?/m1/s1. The van der Waals surface area contributed by atoms with Crippen LogP contribution >= 0.6 is 0 Å². The topological polar surface area (TPSA) is 255 Å². The molecule has 0 aromatic rings. The predicted molar refractivity (Wildman–Crippen MR) is 223 cm³/mol. The lowest BCUT2D eigenvalue weighted by Gasteiger charge is -2.71. The van der Waals surface area contributed by atoms with Crippen LogP contribution in [0.1, 0.15) is 120 Å². The van der Waals surface area contributed by atoms with Gasteiger partial charge in [-0.15, -0.1) is 0 Å². The number of aliphatic hydroxyl groups excluding tert-OH is 8. The van der Waals surface area contributed by atoms with Crippen LogP contribution in [-0.2, 0) is 33.2 Å². The number of aliphatic hydroxyl groups is 8. The molecule has 8 aliphatic rings. The molecular weight excluding hydrogens is 821 g/mol. The van der Waals surface area contributed by atoms with Crippen LogP contribution in [0, 0.1) is 50.2 Å². The first-order valence-electron chi connectivity index (χ1n) is 23.6. The number of fused-ring (bicyclic) bond motifs is 7. The average molecular weight is 897 g/mol. The molecule has 9 N–H and O–H groups in total. The van der Waals surface area contributed by atoms with Gasteiger partial charge < -0.3 is 74.4 Å². The molecule has 5 aliphatic carbocycles. The molecule has 0 spiro atoms. The summed E-state index contributed by atoms with van der Waals surface area (Å²) in [5.74, 6) is -0.0297. The van der Waals surface area contributed by atoms with Gasteiger partial charge in [0.2, 0.25) is 0 Å². The van der Waals surface area contributed by atoms with E-state index in [1.165, 1.54) is 12.5 Å². The van der Waals surface area contributed by atoms with Gasteiger partial charge in [-0.25, -0.2) is 0 Å². The highest BCUT2D eigenvalue weighted by molar-refractivity contribution is 5.76. The number of hydrogen-bond donors (Lipinski definition) is 9. The molecule has 0 aromatic heterocycles. The van der Waals surface area contributed by atoms with Gasteiger partial charge in [0.1, 0.15) is 61.0 Å². The van der Waals surface area contributed by atoms with E-state index in [2.05, 4.69) is 54.5 Å². The van der Waals surface area contributed by atoms with Crippen LogP contribution in [-0.4, -0.2) is 157 Å². The predicted octanol–water partition coefficient (Wildman–Crippen LogP) is 2.37. The van der Waals surface area contributed by atoms with E-state index in [0.717, 1.165) is 51.4 Å². The number of hydrogen-bond acceptors (Lipinski definition) is 15. The second kappa shape index (κ2) is 16.7. The van der Waals surface area contributed by atoms with Crippen molar-refractivity contribution in [3.8, 4) is 0 Å². The first kappa shape index (κ1) is 48.1. The smallest absolute Gasteiger partial charge is 0.310 e. The maximum absolute atomic E-state index is 13.1. The van der Waals surface area contributed by atoms with Crippen molar-refractivity contribution in [2.24, 2.45) is 50.2 Å². The summed E-state index contributed by atoms with van der Waals surface area (Å²) in [7, 11) is 0. The van der Waals surface area contributed by atoms with E-state index in [1.807, 2.05) is 0 Å². The quantitative estimate of drug-likeness (QED) is 0.125. The van der Waals surface area contributed by atoms with Gasteiger partial charge in [-0.1, -0.05) is 60.1 Å². The van der Waals surface area contributed by atoms with Gasteiger partial charge >= 0.3 is 5.97 Å². The van der Waals surface area contributed by atoms with E-state index in [9.17, 15) is 50.8 Å². The van der Waals surface area contributed by atoms with Gasteiger partial charge in [-0.2, -0.15) is 0 Å². The molecule has 3 aliphatic heterocycles. The molecule has 360 valence electrons. The highest BCUT2D eigenvalue weighted by atomic mass is 16.8. The van der Waals surface area contributed by atoms with Crippen molar-refractivity contribution >= 4 is 5.97 Å². The summed E-state index contributed by atoms with van der Waals surface area (Å²) in [5.41, 5.74) is 0.115. The third kappa shape index (κ3) is 7.51. The molecule has 3 heterocycles. The zero-order valence-corrected chi connectivity index (χ0v) is 38.3. The molecule has 0 bridgehead atoms. The second-order valence-electron chi connectivity index (χ2n) is 23.0. The summed E-state index contributed by atoms with van der Waals surface area (Å²) >= 11 is 0. The molecule has 3 saturated heterocycles. The van der Waals surface area contributed by atoms with Crippen molar-refractivity contribution in [1.82, 2.24) is 0 Å². The van der Waals surface area contributed by atoms with Gasteiger partial charge in [-0.3, -0.25) is 4.79 Å². The SMILES string of the molecule is C[C@H]1O[C@H](O[C@H]2[C@@H](O)[C@H](OC3CCC4(C)C(CCC5(C)C4CC=C4C6CC(C)(C)CCC6(C(=O)O)CCC45C)C3(C)C)O[C@H](CO)[C@H]2O)[C@H](O[C@@H]2OC[C@H](O)[C@@H](O)[C@H]2O)[C@H](O)[C@@H]1O. The number of carboxylic acid groups (broad SMARTS) is 1. The summed E-state index contributed by atoms with van der Waals surface area (Å²) < 4.78 is 36.2. The average Bonchev–Trinajstić information content (AvgIpc) is 3.21. The maximum atomic E-state index is 13.1. The fourth-order valence-corrected chi connectivity index (χ4v) is 14.8. The zero-order valence-electron chi connectivity index (χ0n) is 38.3. The van der Waals surface area contributed by atoms with Crippen LogP contribution in [0.4, 0.5) is 0 Å². The normalized spacial score (nSPS) is 54.1. The number of carboxylic acids is 1. The Morgan fingerprint density at radius 3 is 2.08 bits per heavy atom. The van der Waals surface area contributed by atoms with Gasteiger partial charge in [0.15, 0.2) is 18.9 Å². The molecule has 16 nitrogen and oxygen atoms in total. The van der Waals surface area contributed by atoms with E-state index in [0.29, 0.717) is 18.8 Å². The fraction of sp³-hybridized carbons (Fsp3) is 0.936. The van der Waals surface area contributed by atoms with E-state index in [1.54, 1.807) is 0 Å². The zero-order chi connectivity index (χ0) is 46.0. The summed E-state index contributed by atoms with van der Waals surface area (Å²) in [5, 5.41) is 97.1. The van der Waals surface area contributed by atoms with Gasteiger partial charge in [-0.05, 0) is 116 Å². The number of rotatable bonds is 8. The molecule has 8 rings (SSSR count). The van der Waals surface area contributed by atoms with Crippen molar-refractivity contribution in [2.45, 2.75) is 212 Å². The van der Waals surface area contributed by atoms with Crippen molar-refractivity contribution in [3.05, 3.63) is 11.6 Å². The third-order valence-electron chi connectivity index (χ3n) is 18.9. The lowest BCUT2D eigenvalue weighted by Crippen LogP contribution is -2.67. The minimum atomic E-state index is -1.74.